The van der Waals surface area contributed by atoms with Crippen LogP contribution in [0.5, 0.6) is 0 Å². The molecule has 2 N–H and O–H groups in total. The fourth-order valence-electron chi connectivity index (χ4n) is 1.64. The summed E-state index contributed by atoms with van der Waals surface area (Å²) >= 11 is 3.70. The number of aromatic nitrogens is 1. The Kier molecular flexibility index (Phi) is 3.12. The highest BCUT2D eigenvalue weighted by Crippen LogP contribution is 2.38. The first-order chi connectivity index (χ1) is 8.95. The molecule has 3 aromatic rings. The second kappa shape index (κ2) is 4.55. The van der Waals surface area contributed by atoms with Crippen LogP contribution in [-0.2, 0) is 6.18 Å². The van der Waals surface area contributed by atoms with Gasteiger partial charge in [-0.2, -0.15) is 13.2 Å². The maximum atomic E-state index is 12.5. The van der Waals surface area contributed by atoms with E-state index in [-0.39, 0.29) is 0 Å². The van der Waals surface area contributed by atoms with E-state index in [1.165, 1.54) is 17.5 Å². The SMILES string of the molecule is NC(c1cnc(C(F)(F)F)s1)c1cc2sccc2s1. The van der Waals surface area contributed by atoms with Crippen LogP contribution in [0, 0.1) is 0 Å². The van der Waals surface area contributed by atoms with Crippen LogP contribution in [0.4, 0.5) is 13.2 Å². The minimum atomic E-state index is -4.40. The fourth-order valence-corrected chi connectivity index (χ4v) is 4.66. The molecular weight excluding hydrogens is 313 g/mol. The summed E-state index contributed by atoms with van der Waals surface area (Å²) in [6.07, 6.45) is -3.19. The van der Waals surface area contributed by atoms with Crippen molar-refractivity contribution in [1.82, 2.24) is 4.98 Å². The molecule has 19 heavy (non-hydrogen) atoms. The Morgan fingerprint density at radius 1 is 1.16 bits per heavy atom. The van der Waals surface area contributed by atoms with Crippen LogP contribution in [0.3, 0.4) is 0 Å². The lowest BCUT2D eigenvalue weighted by Crippen LogP contribution is -2.08. The molecule has 0 aliphatic carbocycles. The fraction of sp³-hybridized carbons (Fsp3) is 0.182. The number of alkyl halides is 3. The van der Waals surface area contributed by atoms with E-state index in [1.54, 1.807) is 11.3 Å². The molecule has 0 spiro atoms. The normalized spacial score (nSPS) is 14.1. The maximum Gasteiger partial charge on any atom is 0.443 e. The van der Waals surface area contributed by atoms with Crippen LogP contribution < -0.4 is 5.73 Å². The van der Waals surface area contributed by atoms with Crippen molar-refractivity contribution in [3.05, 3.63) is 38.5 Å². The number of hydrogen-bond donors (Lipinski definition) is 1. The number of rotatable bonds is 2. The lowest BCUT2D eigenvalue weighted by atomic mass is 10.2. The molecule has 2 nitrogen and oxygen atoms in total. The number of thiazole rings is 1. The van der Waals surface area contributed by atoms with Gasteiger partial charge in [0.2, 0.25) is 0 Å². The number of halogens is 3. The number of fused-ring (bicyclic) bond motifs is 1. The van der Waals surface area contributed by atoms with Gasteiger partial charge >= 0.3 is 6.18 Å². The van der Waals surface area contributed by atoms with Crippen LogP contribution >= 0.6 is 34.0 Å². The van der Waals surface area contributed by atoms with Gasteiger partial charge in [0.1, 0.15) is 0 Å². The number of nitrogens with zero attached hydrogens (tertiary/aromatic N) is 1. The lowest BCUT2D eigenvalue weighted by Gasteiger charge is -2.05. The average Bonchev–Trinajstić information content (AvgIpc) is 3.01. The van der Waals surface area contributed by atoms with Crippen molar-refractivity contribution in [2.45, 2.75) is 12.2 Å². The lowest BCUT2D eigenvalue weighted by molar-refractivity contribution is -0.137. The molecule has 1 atom stereocenters. The van der Waals surface area contributed by atoms with Gasteiger partial charge in [-0.05, 0) is 17.5 Å². The van der Waals surface area contributed by atoms with Crippen molar-refractivity contribution in [2.75, 3.05) is 0 Å². The van der Waals surface area contributed by atoms with Crippen LogP contribution in [0.2, 0.25) is 0 Å². The van der Waals surface area contributed by atoms with Crippen molar-refractivity contribution >= 4 is 43.4 Å². The van der Waals surface area contributed by atoms with Crippen LogP contribution in [0.15, 0.2) is 23.7 Å². The van der Waals surface area contributed by atoms with Gasteiger partial charge < -0.3 is 5.73 Å². The third-order valence-corrected chi connectivity index (χ3v) is 5.84. The molecule has 0 aromatic carbocycles. The van der Waals surface area contributed by atoms with Gasteiger partial charge in [-0.3, -0.25) is 0 Å². The van der Waals surface area contributed by atoms with Gasteiger partial charge in [0.05, 0.1) is 6.04 Å². The van der Waals surface area contributed by atoms with Gasteiger partial charge in [-0.1, -0.05) is 0 Å². The summed E-state index contributed by atoms with van der Waals surface area (Å²) in [6, 6.07) is 3.37. The molecule has 0 amide bonds. The van der Waals surface area contributed by atoms with Crippen molar-refractivity contribution in [2.24, 2.45) is 5.73 Å². The van der Waals surface area contributed by atoms with Gasteiger partial charge in [-0.15, -0.1) is 34.0 Å². The van der Waals surface area contributed by atoms with E-state index in [4.69, 9.17) is 5.73 Å². The highest BCUT2D eigenvalue weighted by molar-refractivity contribution is 7.27. The first kappa shape index (κ1) is 13.0. The minimum Gasteiger partial charge on any atom is -0.319 e. The van der Waals surface area contributed by atoms with E-state index in [0.717, 1.165) is 14.3 Å². The van der Waals surface area contributed by atoms with Crippen LogP contribution in [-0.4, -0.2) is 4.98 Å². The van der Waals surface area contributed by atoms with E-state index in [2.05, 4.69) is 4.98 Å². The Bertz CT molecular complexity index is 681. The smallest absolute Gasteiger partial charge is 0.319 e. The third kappa shape index (κ3) is 2.40. The largest absolute Gasteiger partial charge is 0.443 e. The molecular formula is C11H7F3N2S3. The first-order valence-corrected chi connectivity index (χ1v) is 7.72. The summed E-state index contributed by atoms with van der Waals surface area (Å²) in [5, 5.41) is 1.13. The summed E-state index contributed by atoms with van der Waals surface area (Å²) in [4.78, 5) is 4.69. The molecule has 0 aliphatic heterocycles. The van der Waals surface area contributed by atoms with Crippen molar-refractivity contribution in [3.8, 4) is 0 Å². The summed E-state index contributed by atoms with van der Waals surface area (Å²) in [6.45, 7) is 0. The van der Waals surface area contributed by atoms with Gasteiger partial charge in [-0.25, -0.2) is 4.98 Å². The number of nitrogens with two attached hydrogens (primary N) is 1. The van der Waals surface area contributed by atoms with E-state index < -0.39 is 17.2 Å². The van der Waals surface area contributed by atoms with Gasteiger partial charge in [0.15, 0.2) is 5.01 Å². The Balaban J connectivity index is 1.93. The van der Waals surface area contributed by atoms with Crippen molar-refractivity contribution in [1.29, 1.82) is 0 Å². The van der Waals surface area contributed by atoms with E-state index in [0.29, 0.717) is 16.2 Å². The van der Waals surface area contributed by atoms with Crippen LogP contribution in [0.25, 0.3) is 9.40 Å². The molecule has 0 bridgehead atoms. The predicted octanol–water partition coefficient (Wildman–Crippen LogP) is 4.49. The number of hydrogen-bond acceptors (Lipinski definition) is 5. The average molecular weight is 320 g/mol. The molecule has 8 heteroatoms. The van der Waals surface area contributed by atoms with E-state index in [1.807, 2.05) is 17.5 Å². The van der Waals surface area contributed by atoms with Gasteiger partial charge in [0, 0.05) is 25.4 Å². The topological polar surface area (TPSA) is 38.9 Å². The zero-order chi connectivity index (χ0) is 13.6. The van der Waals surface area contributed by atoms with Crippen molar-refractivity contribution in [3.63, 3.8) is 0 Å². The standard InChI is InChI=1S/C11H7F3N2S3/c12-11(13,14)10-16-4-8(19-10)9(15)7-3-6-5(18-7)1-2-17-6/h1-4,9H,15H2. The molecule has 100 valence electrons. The summed E-state index contributed by atoms with van der Waals surface area (Å²) in [5.74, 6) is 0. The van der Waals surface area contributed by atoms with E-state index >= 15 is 0 Å². The quantitative estimate of drug-likeness (QED) is 0.756. The molecule has 3 aromatic heterocycles. The molecule has 0 fully saturated rings. The first-order valence-electron chi connectivity index (χ1n) is 5.20. The summed E-state index contributed by atoms with van der Waals surface area (Å²) < 4.78 is 39.7. The maximum absolute atomic E-state index is 12.5. The predicted molar refractivity (Wildman–Crippen MR) is 72.8 cm³/mol. The van der Waals surface area contributed by atoms with E-state index in [9.17, 15) is 13.2 Å². The number of thiophene rings is 2. The van der Waals surface area contributed by atoms with Crippen LogP contribution in [0.1, 0.15) is 20.8 Å². The monoisotopic (exact) mass is 320 g/mol. The Morgan fingerprint density at radius 3 is 2.58 bits per heavy atom. The second-order valence-corrected chi connectivity index (χ2v) is 6.97. The molecule has 3 heterocycles. The Labute approximate surface area is 118 Å². The molecule has 3 rings (SSSR count). The minimum absolute atomic E-state index is 0.432. The highest BCUT2D eigenvalue weighted by atomic mass is 32.1. The molecule has 0 radical (unpaired) electrons. The molecule has 0 saturated carbocycles. The summed E-state index contributed by atoms with van der Waals surface area (Å²) in [5.41, 5.74) is 6.01. The molecule has 1 unspecified atom stereocenters. The molecule has 0 saturated heterocycles. The molecule has 0 aliphatic rings. The Hall–Kier alpha value is -0.960. The second-order valence-electron chi connectivity index (χ2n) is 3.84. The zero-order valence-electron chi connectivity index (χ0n) is 9.27. The third-order valence-electron chi connectivity index (χ3n) is 2.54. The van der Waals surface area contributed by atoms with Crippen molar-refractivity contribution < 1.29 is 13.2 Å². The highest BCUT2D eigenvalue weighted by Gasteiger charge is 2.35. The zero-order valence-corrected chi connectivity index (χ0v) is 11.7. The Morgan fingerprint density at radius 2 is 1.95 bits per heavy atom. The van der Waals surface area contributed by atoms with Gasteiger partial charge in [0.25, 0.3) is 0 Å². The summed E-state index contributed by atoms with van der Waals surface area (Å²) in [7, 11) is 0.